The van der Waals surface area contributed by atoms with Gasteiger partial charge in [0.15, 0.2) is 0 Å². The molecule has 1 fully saturated rings. The van der Waals surface area contributed by atoms with Crippen molar-refractivity contribution in [3.05, 3.63) is 0 Å². The molecule has 0 heterocycles. The number of hydrogen-bond donors (Lipinski definition) is 2. The maximum absolute atomic E-state index is 6.97. The van der Waals surface area contributed by atoms with Gasteiger partial charge >= 0.3 is 0 Å². The fraction of sp³-hybridized carbons (Fsp3) is 0.875. The summed E-state index contributed by atoms with van der Waals surface area (Å²) in [6.07, 6.45) is 7.44. The fourth-order valence-electron chi connectivity index (χ4n) is 1.15. The monoisotopic (exact) mass is 140 g/mol. The van der Waals surface area contributed by atoms with Crippen LogP contribution in [0.3, 0.4) is 0 Å². The van der Waals surface area contributed by atoms with E-state index in [1.54, 1.807) is 0 Å². The van der Waals surface area contributed by atoms with Crippen LogP contribution in [0.2, 0.25) is 0 Å². The van der Waals surface area contributed by atoms with Gasteiger partial charge < -0.3 is 5.73 Å². The summed E-state index contributed by atoms with van der Waals surface area (Å²) >= 11 is 0. The molecule has 2 heteroatoms. The Labute approximate surface area is 62.3 Å². The summed E-state index contributed by atoms with van der Waals surface area (Å²) in [5.74, 6) is 1.38. The third kappa shape index (κ3) is 3.49. The SMILES string of the molecule is N=C(N)CCCCC1CC1. The molecule has 0 aromatic rings. The predicted molar refractivity (Wildman–Crippen MR) is 43.1 cm³/mol. The molecule has 0 saturated heterocycles. The zero-order valence-electron chi connectivity index (χ0n) is 6.40. The zero-order valence-corrected chi connectivity index (χ0v) is 6.40. The number of unbranched alkanes of at least 4 members (excludes halogenated alkanes) is 1. The minimum absolute atomic E-state index is 0.343. The van der Waals surface area contributed by atoms with Gasteiger partial charge in [0, 0.05) is 6.42 Å². The molecule has 0 aromatic carbocycles. The summed E-state index contributed by atoms with van der Waals surface area (Å²) in [7, 11) is 0. The van der Waals surface area contributed by atoms with Gasteiger partial charge in [0.2, 0.25) is 0 Å². The van der Waals surface area contributed by atoms with E-state index in [1.807, 2.05) is 0 Å². The van der Waals surface area contributed by atoms with Gasteiger partial charge in [0.25, 0.3) is 0 Å². The molecule has 1 aliphatic rings. The number of hydrogen-bond acceptors (Lipinski definition) is 1. The Bertz CT molecular complexity index is 116. The summed E-state index contributed by atoms with van der Waals surface area (Å²) in [6.45, 7) is 0. The van der Waals surface area contributed by atoms with E-state index in [-0.39, 0.29) is 0 Å². The maximum atomic E-state index is 6.97. The van der Waals surface area contributed by atoms with E-state index in [9.17, 15) is 0 Å². The van der Waals surface area contributed by atoms with Crippen LogP contribution in [0.15, 0.2) is 0 Å². The number of nitrogens with one attached hydrogen (secondary N) is 1. The number of rotatable bonds is 5. The first-order valence-electron chi connectivity index (χ1n) is 4.12. The second kappa shape index (κ2) is 3.59. The molecule has 58 valence electrons. The van der Waals surface area contributed by atoms with Crippen molar-refractivity contribution in [2.45, 2.75) is 38.5 Å². The minimum Gasteiger partial charge on any atom is -0.388 e. The average molecular weight is 140 g/mol. The van der Waals surface area contributed by atoms with E-state index in [0.717, 1.165) is 18.8 Å². The van der Waals surface area contributed by atoms with Crippen molar-refractivity contribution in [1.82, 2.24) is 0 Å². The maximum Gasteiger partial charge on any atom is 0.0905 e. The van der Waals surface area contributed by atoms with Gasteiger partial charge in [0.1, 0.15) is 0 Å². The summed E-state index contributed by atoms with van der Waals surface area (Å²) < 4.78 is 0. The lowest BCUT2D eigenvalue weighted by atomic mass is 10.1. The first-order valence-corrected chi connectivity index (χ1v) is 4.12. The van der Waals surface area contributed by atoms with Gasteiger partial charge in [-0.2, -0.15) is 0 Å². The van der Waals surface area contributed by atoms with E-state index >= 15 is 0 Å². The molecule has 0 amide bonds. The van der Waals surface area contributed by atoms with Crippen molar-refractivity contribution in [2.24, 2.45) is 11.7 Å². The molecule has 0 unspecified atom stereocenters. The predicted octanol–water partition coefficient (Wildman–Crippen LogP) is 1.89. The highest BCUT2D eigenvalue weighted by molar-refractivity contribution is 5.76. The molecule has 0 aromatic heterocycles. The second-order valence-corrected chi connectivity index (χ2v) is 3.21. The van der Waals surface area contributed by atoms with E-state index in [0.29, 0.717) is 5.84 Å². The van der Waals surface area contributed by atoms with Gasteiger partial charge in [-0.05, 0) is 12.3 Å². The molecular weight excluding hydrogens is 124 g/mol. The lowest BCUT2D eigenvalue weighted by Gasteiger charge is -1.96. The Hall–Kier alpha value is -0.530. The largest absolute Gasteiger partial charge is 0.388 e. The molecule has 0 aliphatic heterocycles. The van der Waals surface area contributed by atoms with Crippen molar-refractivity contribution in [2.75, 3.05) is 0 Å². The van der Waals surface area contributed by atoms with Crippen LogP contribution >= 0.6 is 0 Å². The summed E-state index contributed by atoms with van der Waals surface area (Å²) in [5, 5.41) is 6.97. The first-order chi connectivity index (χ1) is 4.79. The molecule has 0 spiro atoms. The Balaban J connectivity index is 1.80. The Morgan fingerprint density at radius 1 is 1.40 bits per heavy atom. The van der Waals surface area contributed by atoms with Crippen LogP contribution in [-0.2, 0) is 0 Å². The molecule has 0 atom stereocenters. The highest BCUT2D eigenvalue weighted by atomic mass is 14.7. The number of amidine groups is 1. The van der Waals surface area contributed by atoms with Crippen LogP contribution in [0.4, 0.5) is 0 Å². The van der Waals surface area contributed by atoms with Gasteiger partial charge in [-0.15, -0.1) is 0 Å². The highest BCUT2D eigenvalue weighted by Crippen LogP contribution is 2.33. The van der Waals surface area contributed by atoms with Crippen LogP contribution in [0.5, 0.6) is 0 Å². The van der Waals surface area contributed by atoms with Crippen LogP contribution in [0, 0.1) is 11.3 Å². The van der Waals surface area contributed by atoms with Crippen LogP contribution < -0.4 is 5.73 Å². The summed E-state index contributed by atoms with van der Waals surface area (Å²) in [4.78, 5) is 0. The van der Waals surface area contributed by atoms with Crippen LogP contribution in [0.25, 0.3) is 0 Å². The van der Waals surface area contributed by atoms with E-state index in [1.165, 1.54) is 25.7 Å². The van der Waals surface area contributed by atoms with Crippen molar-refractivity contribution in [3.8, 4) is 0 Å². The minimum atomic E-state index is 0.343. The topological polar surface area (TPSA) is 49.9 Å². The molecular formula is C8H16N2. The normalized spacial score (nSPS) is 17.2. The molecule has 1 saturated carbocycles. The average Bonchev–Trinajstić information content (AvgIpc) is 2.62. The Morgan fingerprint density at radius 3 is 2.60 bits per heavy atom. The third-order valence-electron chi connectivity index (χ3n) is 2.01. The molecule has 0 bridgehead atoms. The third-order valence-corrected chi connectivity index (χ3v) is 2.01. The van der Waals surface area contributed by atoms with Crippen molar-refractivity contribution >= 4 is 5.84 Å². The molecule has 2 nitrogen and oxygen atoms in total. The Morgan fingerprint density at radius 2 is 2.10 bits per heavy atom. The lowest BCUT2D eigenvalue weighted by Crippen LogP contribution is -2.08. The quantitative estimate of drug-likeness (QED) is 0.342. The molecule has 1 rings (SSSR count). The standard InChI is InChI=1S/C8H16N2/c9-8(10)4-2-1-3-7-5-6-7/h7H,1-6H2,(H3,9,10). The molecule has 10 heavy (non-hydrogen) atoms. The van der Waals surface area contributed by atoms with Gasteiger partial charge in [0.05, 0.1) is 5.84 Å². The second-order valence-electron chi connectivity index (χ2n) is 3.21. The van der Waals surface area contributed by atoms with E-state index < -0.39 is 0 Å². The smallest absolute Gasteiger partial charge is 0.0905 e. The van der Waals surface area contributed by atoms with Crippen LogP contribution in [0.1, 0.15) is 38.5 Å². The van der Waals surface area contributed by atoms with Crippen molar-refractivity contribution in [3.63, 3.8) is 0 Å². The van der Waals surface area contributed by atoms with Crippen LogP contribution in [-0.4, -0.2) is 5.84 Å². The van der Waals surface area contributed by atoms with Gasteiger partial charge in [-0.25, -0.2) is 0 Å². The summed E-state index contributed by atoms with van der Waals surface area (Å²) in [6, 6.07) is 0. The van der Waals surface area contributed by atoms with E-state index in [4.69, 9.17) is 11.1 Å². The Kier molecular flexibility index (Phi) is 2.72. The highest BCUT2D eigenvalue weighted by Gasteiger charge is 2.19. The zero-order chi connectivity index (χ0) is 7.40. The fourth-order valence-corrected chi connectivity index (χ4v) is 1.15. The van der Waals surface area contributed by atoms with Gasteiger partial charge in [-0.3, -0.25) is 5.41 Å². The van der Waals surface area contributed by atoms with Crippen molar-refractivity contribution < 1.29 is 0 Å². The number of nitrogens with two attached hydrogens (primary N) is 1. The van der Waals surface area contributed by atoms with E-state index in [2.05, 4.69) is 0 Å². The molecule has 0 radical (unpaired) electrons. The molecule has 1 aliphatic carbocycles. The van der Waals surface area contributed by atoms with Crippen molar-refractivity contribution in [1.29, 1.82) is 5.41 Å². The first kappa shape index (κ1) is 7.58. The molecule has 3 N–H and O–H groups in total. The summed E-state index contributed by atoms with van der Waals surface area (Å²) in [5.41, 5.74) is 5.21. The van der Waals surface area contributed by atoms with Gasteiger partial charge in [-0.1, -0.05) is 25.7 Å². The lowest BCUT2D eigenvalue weighted by molar-refractivity contribution is 0.639.